The lowest BCUT2D eigenvalue weighted by molar-refractivity contribution is -0.140. The SMILES string of the molecule is Cc1cc(C(=O)NC2CCN(C(=O)C(C)(C)C)CC2)no1. The summed E-state index contributed by atoms with van der Waals surface area (Å²) in [6.07, 6.45) is 1.54. The summed E-state index contributed by atoms with van der Waals surface area (Å²) in [5.41, 5.74) is -0.0467. The lowest BCUT2D eigenvalue weighted by Crippen LogP contribution is -2.49. The summed E-state index contributed by atoms with van der Waals surface area (Å²) >= 11 is 0. The van der Waals surface area contributed by atoms with E-state index in [1.54, 1.807) is 13.0 Å². The first kappa shape index (κ1) is 15.5. The van der Waals surface area contributed by atoms with Gasteiger partial charge in [-0.1, -0.05) is 25.9 Å². The Hall–Kier alpha value is -1.85. The van der Waals surface area contributed by atoms with Gasteiger partial charge in [0.15, 0.2) is 5.69 Å². The second-order valence-corrected chi connectivity index (χ2v) is 6.61. The van der Waals surface area contributed by atoms with Crippen LogP contribution in [0.5, 0.6) is 0 Å². The number of amides is 2. The van der Waals surface area contributed by atoms with Crippen LogP contribution in [0.2, 0.25) is 0 Å². The number of carbonyl (C=O) groups is 2. The highest BCUT2D eigenvalue weighted by Crippen LogP contribution is 2.21. The molecule has 0 aliphatic carbocycles. The van der Waals surface area contributed by atoms with Crippen molar-refractivity contribution in [2.45, 2.75) is 46.6 Å². The van der Waals surface area contributed by atoms with Gasteiger partial charge in [-0.05, 0) is 19.8 Å². The Balaban J connectivity index is 1.84. The average Bonchev–Trinajstić information content (AvgIpc) is 2.84. The molecule has 116 valence electrons. The Morgan fingerprint density at radius 1 is 1.33 bits per heavy atom. The first-order chi connectivity index (χ1) is 9.77. The summed E-state index contributed by atoms with van der Waals surface area (Å²) in [6, 6.07) is 1.70. The van der Waals surface area contributed by atoms with Gasteiger partial charge in [0.2, 0.25) is 5.91 Å². The number of likely N-dealkylation sites (tertiary alicyclic amines) is 1. The number of piperidine rings is 1. The zero-order valence-electron chi connectivity index (χ0n) is 13.1. The van der Waals surface area contributed by atoms with E-state index in [4.69, 9.17) is 4.52 Å². The largest absolute Gasteiger partial charge is 0.361 e. The van der Waals surface area contributed by atoms with Crippen molar-refractivity contribution in [3.63, 3.8) is 0 Å². The second-order valence-electron chi connectivity index (χ2n) is 6.61. The Morgan fingerprint density at radius 2 is 1.95 bits per heavy atom. The van der Waals surface area contributed by atoms with E-state index in [1.807, 2.05) is 25.7 Å². The number of carbonyl (C=O) groups excluding carboxylic acids is 2. The maximum atomic E-state index is 12.2. The molecule has 0 unspecified atom stereocenters. The van der Waals surface area contributed by atoms with Crippen LogP contribution >= 0.6 is 0 Å². The minimum absolute atomic E-state index is 0.0820. The molecule has 1 aliphatic heterocycles. The Bertz CT molecular complexity index is 523. The predicted molar refractivity (Wildman–Crippen MR) is 77.8 cm³/mol. The van der Waals surface area contributed by atoms with Crippen LogP contribution in [0.15, 0.2) is 10.6 Å². The van der Waals surface area contributed by atoms with Crippen molar-refractivity contribution in [3.8, 4) is 0 Å². The number of nitrogens with zero attached hydrogens (tertiary/aromatic N) is 2. The molecule has 1 fully saturated rings. The number of hydrogen-bond donors (Lipinski definition) is 1. The highest BCUT2D eigenvalue weighted by Gasteiger charge is 2.30. The van der Waals surface area contributed by atoms with E-state index in [0.717, 1.165) is 12.8 Å². The summed E-state index contributed by atoms with van der Waals surface area (Å²) in [4.78, 5) is 26.1. The molecular weight excluding hydrogens is 270 g/mol. The van der Waals surface area contributed by atoms with Gasteiger partial charge in [0.25, 0.3) is 5.91 Å². The lowest BCUT2D eigenvalue weighted by Gasteiger charge is -2.35. The maximum Gasteiger partial charge on any atom is 0.273 e. The summed E-state index contributed by atoms with van der Waals surface area (Å²) in [6.45, 7) is 8.89. The molecule has 6 nitrogen and oxygen atoms in total. The molecule has 2 rings (SSSR count). The molecule has 21 heavy (non-hydrogen) atoms. The Labute approximate surface area is 124 Å². The molecule has 1 aromatic rings. The third-order valence-corrected chi connectivity index (χ3v) is 3.62. The van der Waals surface area contributed by atoms with Crippen LogP contribution in [0.3, 0.4) is 0 Å². The third-order valence-electron chi connectivity index (χ3n) is 3.62. The minimum Gasteiger partial charge on any atom is -0.361 e. The molecule has 1 N–H and O–H groups in total. The Morgan fingerprint density at radius 3 is 2.43 bits per heavy atom. The number of aryl methyl sites for hydroxylation is 1. The van der Waals surface area contributed by atoms with Gasteiger partial charge in [-0.2, -0.15) is 0 Å². The van der Waals surface area contributed by atoms with Crippen molar-refractivity contribution < 1.29 is 14.1 Å². The van der Waals surface area contributed by atoms with Crippen molar-refractivity contribution in [1.82, 2.24) is 15.4 Å². The van der Waals surface area contributed by atoms with Gasteiger partial charge < -0.3 is 14.7 Å². The van der Waals surface area contributed by atoms with Crippen LogP contribution in [-0.2, 0) is 4.79 Å². The van der Waals surface area contributed by atoms with Crippen LogP contribution in [0.4, 0.5) is 0 Å². The predicted octanol–water partition coefficient (Wildman–Crippen LogP) is 1.75. The fourth-order valence-corrected chi connectivity index (χ4v) is 2.43. The van der Waals surface area contributed by atoms with Gasteiger partial charge in [0.05, 0.1) is 0 Å². The number of nitrogens with one attached hydrogen (secondary N) is 1. The number of rotatable bonds is 2. The van der Waals surface area contributed by atoms with Crippen molar-refractivity contribution >= 4 is 11.8 Å². The molecule has 0 atom stereocenters. The topological polar surface area (TPSA) is 75.4 Å². The molecule has 6 heteroatoms. The minimum atomic E-state index is -0.353. The number of hydrogen-bond acceptors (Lipinski definition) is 4. The molecule has 0 aromatic carbocycles. The molecule has 2 amide bonds. The van der Waals surface area contributed by atoms with E-state index < -0.39 is 0 Å². The smallest absolute Gasteiger partial charge is 0.273 e. The zero-order valence-corrected chi connectivity index (χ0v) is 13.1. The maximum absolute atomic E-state index is 12.2. The van der Waals surface area contributed by atoms with Crippen molar-refractivity contribution in [3.05, 3.63) is 17.5 Å². The monoisotopic (exact) mass is 293 g/mol. The number of aromatic nitrogens is 1. The van der Waals surface area contributed by atoms with Gasteiger partial charge in [0, 0.05) is 30.6 Å². The van der Waals surface area contributed by atoms with Gasteiger partial charge in [0.1, 0.15) is 5.76 Å². The van der Waals surface area contributed by atoms with Crippen LogP contribution < -0.4 is 5.32 Å². The van der Waals surface area contributed by atoms with Gasteiger partial charge >= 0.3 is 0 Å². The molecule has 1 saturated heterocycles. The molecule has 1 aliphatic rings. The fourth-order valence-electron chi connectivity index (χ4n) is 2.43. The van der Waals surface area contributed by atoms with E-state index in [1.165, 1.54) is 0 Å². The normalized spacial score (nSPS) is 16.9. The van der Waals surface area contributed by atoms with E-state index in [9.17, 15) is 9.59 Å². The lowest BCUT2D eigenvalue weighted by atomic mass is 9.93. The van der Waals surface area contributed by atoms with Crippen LogP contribution in [0.1, 0.15) is 49.9 Å². The molecule has 2 heterocycles. The van der Waals surface area contributed by atoms with Gasteiger partial charge in [-0.3, -0.25) is 9.59 Å². The van der Waals surface area contributed by atoms with Crippen LogP contribution in [0.25, 0.3) is 0 Å². The van der Waals surface area contributed by atoms with Crippen molar-refractivity contribution in [1.29, 1.82) is 0 Å². The summed E-state index contributed by atoms with van der Waals surface area (Å²) in [5, 5.41) is 6.65. The highest BCUT2D eigenvalue weighted by molar-refractivity contribution is 5.92. The van der Waals surface area contributed by atoms with E-state index >= 15 is 0 Å². The zero-order chi connectivity index (χ0) is 15.6. The molecule has 0 bridgehead atoms. The van der Waals surface area contributed by atoms with Crippen molar-refractivity contribution in [2.24, 2.45) is 5.41 Å². The van der Waals surface area contributed by atoms with Gasteiger partial charge in [-0.25, -0.2) is 0 Å². The van der Waals surface area contributed by atoms with Gasteiger partial charge in [-0.15, -0.1) is 0 Å². The highest BCUT2D eigenvalue weighted by atomic mass is 16.5. The molecule has 0 spiro atoms. The molecular formula is C15H23N3O3. The second kappa shape index (κ2) is 5.87. The molecule has 1 aromatic heterocycles. The average molecular weight is 293 g/mol. The quantitative estimate of drug-likeness (QED) is 0.901. The van der Waals surface area contributed by atoms with E-state index in [2.05, 4.69) is 10.5 Å². The third kappa shape index (κ3) is 3.83. The van der Waals surface area contributed by atoms with E-state index in [-0.39, 0.29) is 23.3 Å². The first-order valence-electron chi connectivity index (χ1n) is 7.31. The molecule has 0 saturated carbocycles. The first-order valence-corrected chi connectivity index (χ1v) is 7.31. The fraction of sp³-hybridized carbons (Fsp3) is 0.667. The summed E-state index contributed by atoms with van der Waals surface area (Å²) < 4.78 is 4.90. The van der Waals surface area contributed by atoms with Crippen molar-refractivity contribution in [2.75, 3.05) is 13.1 Å². The molecule has 0 radical (unpaired) electrons. The van der Waals surface area contributed by atoms with Crippen LogP contribution in [0, 0.1) is 12.3 Å². The Kier molecular flexibility index (Phi) is 4.34. The standard InChI is InChI=1S/C15H23N3O3/c1-10-9-12(17-21-10)13(19)16-11-5-7-18(8-6-11)14(20)15(2,3)4/h9,11H,5-8H2,1-4H3,(H,16,19). The van der Waals surface area contributed by atoms with Crippen LogP contribution in [-0.4, -0.2) is 41.0 Å². The summed E-state index contributed by atoms with van der Waals surface area (Å²) in [5.74, 6) is 0.567. The van der Waals surface area contributed by atoms with E-state index in [0.29, 0.717) is 24.5 Å². The summed E-state index contributed by atoms with van der Waals surface area (Å²) in [7, 11) is 0.